The molecular formula is C22H20F3N3O. The standard InChI is InChI=1S/C22H20F3N3O/c23-22(24,25)18-7-3-2-6-16(18)21(29)27-19-8-9-20(28-12-4-1-5-13-28)15-10-11-26-14-17(15)19/h2-3,6-11,14H,1,4-5,12-13H2,(H,27,29). The summed E-state index contributed by atoms with van der Waals surface area (Å²) in [6.45, 7) is 1.92. The highest BCUT2D eigenvalue weighted by molar-refractivity contribution is 6.11. The molecule has 0 atom stereocenters. The molecule has 3 aromatic rings. The first-order chi connectivity index (χ1) is 13.9. The number of anilines is 2. The van der Waals surface area contributed by atoms with Crippen LogP contribution in [0.15, 0.2) is 54.9 Å². The van der Waals surface area contributed by atoms with E-state index >= 15 is 0 Å². The van der Waals surface area contributed by atoms with Crippen molar-refractivity contribution in [1.82, 2.24) is 4.98 Å². The molecule has 0 spiro atoms. The molecule has 1 aliphatic rings. The predicted molar refractivity (Wildman–Crippen MR) is 107 cm³/mol. The van der Waals surface area contributed by atoms with E-state index in [2.05, 4.69) is 15.2 Å². The lowest BCUT2D eigenvalue weighted by molar-refractivity contribution is -0.137. The van der Waals surface area contributed by atoms with Gasteiger partial charge in [-0.05, 0) is 49.6 Å². The van der Waals surface area contributed by atoms with Crippen molar-refractivity contribution < 1.29 is 18.0 Å². The third-order valence-electron chi connectivity index (χ3n) is 5.22. The van der Waals surface area contributed by atoms with Crippen LogP contribution in [0.2, 0.25) is 0 Å². The van der Waals surface area contributed by atoms with Gasteiger partial charge in [0.15, 0.2) is 0 Å². The highest BCUT2D eigenvalue weighted by atomic mass is 19.4. The zero-order chi connectivity index (χ0) is 20.4. The number of pyridine rings is 1. The summed E-state index contributed by atoms with van der Waals surface area (Å²) < 4.78 is 39.8. The van der Waals surface area contributed by atoms with E-state index in [0.29, 0.717) is 11.1 Å². The van der Waals surface area contributed by atoms with Gasteiger partial charge in [0.1, 0.15) is 0 Å². The highest BCUT2D eigenvalue weighted by Crippen LogP contribution is 2.35. The van der Waals surface area contributed by atoms with Gasteiger partial charge in [-0.2, -0.15) is 13.2 Å². The van der Waals surface area contributed by atoms with E-state index in [0.717, 1.165) is 43.1 Å². The van der Waals surface area contributed by atoms with Crippen molar-refractivity contribution in [2.75, 3.05) is 23.3 Å². The summed E-state index contributed by atoms with van der Waals surface area (Å²) in [5.41, 5.74) is 0.133. The minimum atomic E-state index is -4.60. The Labute approximate surface area is 166 Å². The van der Waals surface area contributed by atoms with Crippen LogP contribution < -0.4 is 10.2 Å². The van der Waals surface area contributed by atoms with Gasteiger partial charge in [0, 0.05) is 41.9 Å². The Bertz CT molecular complexity index is 1040. The van der Waals surface area contributed by atoms with E-state index < -0.39 is 23.2 Å². The Balaban J connectivity index is 1.70. The van der Waals surface area contributed by atoms with Gasteiger partial charge >= 0.3 is 6.18 Å². The Kier molecular flexibility index (Phi) is 5.13. The number of nitrogens with zero attached hydrogens (tertiary/aromatic N) is 2. The quantitative estimate of drug-likeness (QED) is 0.633. The molecule has 4 rings (SSSR count). The molecule has 0 unspecified atom stereocenters. The van der Waals surface area contributed by atoms with E-state index in [-0.39, 0.29) is 0 Å². The maximum Gasteiger partial charge on any atom is 0.417 e. The van der Waals surface area contributed by atoms with Crippen molar-refractivity contribution >= 4 is 28.1 Å². The monoisotopic (exact) mass is 399 g/mol. The number of benzene rings is 2. The lowest BCUT2D eigenvalue weighted by atomic mass is 10.0. The van der Waals surface area contributed by atoms with Gasteiger partial charge in [-0.3, -0.25) is 9.78 Å². The molecule has 2 heterocycles. The van der Waals surface area contributed by atoms with Crippen LogP contribution in [0.1, 0.15) is 35.2 Å². The van der Waals surface area contributed by atoms with Gasteiger partial charge < -0.3 is 10.2 Å². The summed E-state index contributed by atoms with van der Waals surface area (Å²) in [6, 6.07) is 10.3. The smallest absolute Gasteiger partial charge is 0.371 e. The molecule has 0 saturated carbocycles. The molecule has 2 aromatic carbocycles. The van der Waals surface area contributed by atoms with Gasteiger partial charge in [0.2, 0.25) is 0 Å². The van der Waals surface area contributed by atoms with Crippen LogP contribution in [0, 0.1) is 0 Å². The number of hydrogen-bond acceptors (Lipinski definition) is 3. The third kappa shape index (κ3) is 3.90. The third-order valence-corrected chi connectivity index (χ3v) is 5.22. The number of carbonyl (C=O) groups excluding carboxylic acids is 1. The fourth-order valence-corrected chi connectivity index (χ4v) is 3.81. The first-order valence-electron chi connectivity index (χ1n) is 9.54. The molecule has 1 N–H and O–H groups in total. The number of hydrogen-bond donors (Lipinski definition) is 1. The van der Waals surface area contributed by atoms with Crippen molar-refractivity contribution in [3.63, 3.8) is 0 Å². The first-order valence-corrected chi connectivity index (χ1v) is 9.54. The van der Waals surface area contributed by atoms with Crippen LogP contribution >= 0.6 is 0 Å². The highest BCUT2D eigenvalue weighted by Gasteiger charge is 2.35. The Morgan fingerprint density at radius 2 is 1.72 bits per heavy atom. The normalized spacial score (nSPS) is 14.8. The average molecular weight is 399 g/mol. The van der Waals surface area contributed by atoms with Crippen LogP contribution in [0.4, 0.5) is 24.5 Å². The number of amides is 1. The number of halogens is 3. The maximum atomic E-state index is 13.3. The van der Waals surface area contributed by atoms with Crippen LogP contribution in [0.3, 0.4) is 0 Å². The second-order valence-corrected chi connectivity index (χ2v) is 7.10. The molecule has 29 heavy (non-hydrogen) atoms. The molecule has 1 saturated heterocycles. The zero-order valence-corrected chi connectivity index (χ0v) is 15.7. The minimum Gasteiger partial charge on any atom is -0.371 e. The molecule has 7 heteroatoms. The molecule has 4 nitrogen and oxygen atoms in total. The van der Waals surface area contributed by atoms with Crippen molar-refractivity contribution in [2.45, 2.75) is 25.4 Å². The van der Waals surface area contributed by atoms with Crippen LogP contribution in [-0.4, -0.2) is 24.0 Å². The summed E-state index contributed by atoms with van der Waals surface area (Å²) in [5.74, 6) is -0.797. The molecule has 1 aliphatic heterocycles. The van der Waals surface area contributed by atoms with Gasteiger partial charge in [0.05, 0.1) is 16.8 Å². The molecular weight excluding hydrogens is 379 g/mol. The molecule has 0 bridgehead atoms. The van der Waals surface area contributed by atoms with Gasteiger partial charge in [-0.25, -0.2) is 0 Å². The van der Waals surface area contributed by atoms with Crippen LogP contribution in [-0.2, 0) is 6.18 Å². The van der Waals surface area contributed by atoms with E-state index in [9.17, 15) is 18.0 Å². The summed E-state index contributed by atoms with van der Waals surface area (Å²) in [4.78, 5) is 19.1. The number of nitrogens with one attached hydrogen (secondary N) is 1. The Morgan fingerprint density at radius 3 is 2.48 bits per heavy atom. The van der Waals surface area contributed by atoms with E-state index in [1.165, 1.54) is 24.6 Å². The number of rotatable bonds is 3. The Morgan fingerprint density at radius 1 is 0.966 bits per heavy atom. The fraction of sp³-hybridized carbons (Fsp3) is 0.273. The van der Waals surface area contributed by atoms with Crippen molar-refractivity contribution in [2.24, 2.45) is 0 Å². The van der Waals surface area contributed by atoms with Gasteiger partial charge in [-0.15, -0.1) is 0 Å². The molecule has 0 aliphatic carbocycles. The van der Waals surface area contributed by atoms with Crippen molar-refractivity contribution in [3.05, 3.63) is 66.0 Å². The summed E-state index contributed by atoms with van der Waals surface area (Å²) in [5, 5.41) is 4.27. The predicted octanol–water partition coefficient (Wildman–Crippen LogP) is 5.50. The number of alkyl halides is 3. The van der Waals surface area contributed by atoms with Crippen LogP contribution in [0.25, 0.3) is 10.8 Å². The summed E-state index contributed by atoms with van der Waals surface area (Å²) in [6.07, 6.45) is 2.17. The summed E-state index contributed by atoms with van der Waals surface area (Å²) >= 11 is 0. The number of carbonyl (C=O) groups is 1. The van der Waals surface area contributed by atoms with Crippen molar-refractivity contribution in [3.8, 4) is 0 Å². The Hall–Kier alpha value is -3.09. The zero-order valence-electron chi connectivity index (χ0n) is 15.7. The number of fused-ring (bicyclic) bond motifs is 1. The lowest BCUT2D eigenvalue weighted by Gasteiger charge is -2.30. The van der Waals surface area contributed by atoms with Crippen LogP contribution in [0.5, 0.6) is 0 Å². The molecule has 1 fully saturated rings. The van der Waals surface area contributed by atoms with E-state index in [4.69, 9.17) is 0 Å². The van der Waals surface area contributed by atoms with Gasteiger partial charge in [-0.1, -0.05) is 12.1 Å². The topological polar surface area (TPSA) is 45.2 Å². The van der Waals surface area contributed by atoms with E-state index in [1.807, 2.05) is 12.1 Å². The SMILES string of the molecule is O=C(Nc1ccc(N2CCCCC2)c2ccncc12)c1ccccc1C(F)(F)F. The largest absolute Gasteiger partial charge is 0.417 e. The summed E-state index contributed by atoms with van der Waals surface area (Å²) in [7, 11) is 0. The maximum absolute atomic E-state index is 13.3. The molecule has 150 valence electrons. The van der Waals surface area contributed by atoms with Crippen molar-refractivity contribution in [1.29, 1.82) is 0 Å². The lowest BCUT2D eigenvalue weighted by Crippen LogP contribution is -2.29. The molecule has 1 aromatic heterocycles. The average Bonchev–Trinajstić information content (AvgIpc) is 2.74. The number of aromatic nitrogens is 1. The second-order valence-electron chi connectivity index (χ2n) is 7.10. The fourth-order valence-electron chi connectivity index (χ4n) is 3.81. The first kappa shape index (κ1) is 19.2. The second kappa shape index (κ2) is 7.73. The molecule has 0 radical (unpaired) electrons. The minimum absolute atomic E-state index is 0.405. The number of piperidine rings is 1. The van der Waals surface area contributed by atoms with Gasteiger partial charge in [0.25, 0.3) is 5.91 Å². The van der Waals surface area contributed by atoms with E-state index in [1.54, 1.807) is 18.5 Å². The molecule has 1 amide bonds.